The standard InChI is InChI=1S/C15H23N3O/c1-2-3-7-12(16)15-17-13-8-4-5-9-14(13)18(15)10-6-11-19/h4-5,8-9,12,19H,2-3,6-7,10-11,16H2,1H3. The third kappa shape index (κ3) is 3.14. The second kappa shape index (κ2) is 6.68. The Morgan fingerprint density at radius 2 is 2.11 bits per heavy atom. The molecule has 2 rings (SSSR count). The fourth-order valence-corrected chi connectivity index (χ4v) is 2.39. The van der Waals surface area contributed by atoms with Crippen LogP contribution < -0.4 is 5.73 Å². The molecule has 0 aliphatic rings. The maximum atomic E-state index is 9.04. The topological polar surface area (TPSA) is 64.1 Å². The zero-order valence-electron chi connectivity index (χ0n) is 11.5. The van der Waals surface area contributed by atoms with Gasteiger partial charge in [-0.3, -0.25) is 0 Å². The highest BCUT2D eigenvalue weighted by molar-refractivity contribution is 5.76. The maximum Gasteiger partial charge on any atom is 0.126 e. The van der Waals surface area contributed by atoms with Gasteiger partial charge in [0.1, 0.15) is 5.82 Å². The lowest BCUT2D eigenvalue weighted by Gasteiger charge is -2.14. The number of aromatic nitrogens is 2. The second-order valence-electron chi connectivity index (χ2n) is 4.94. The van der Waals surface area contributed by atoms with Crippen molar-refractivity contribution in [1.29, 1.82) is 0 Å². The van der Waals surface area contributed by atoms with Gasteiger partial charge in [0.2, 0.25) is 0 Å². The third-order valence-electron chi connectivity index (χ3n) is 3.42. The number of nitrogens with zero attached hydrogens (tertiary/aromatic N) is 2. The molecule has 3 N–H and O–H groups in total. The monoisotopic (exact) mass is 261 g/mol. The van der Waals surface area contributed by atoms with E-state index in [9.17, 15) is 0 Å². The van der Waals surface area contributed by atoms with Crippen LogP contribution in [-0.2, 0) is 6.54 Å². The number of para-hydroxylation sites is 2. The molecule has 1 unspecified atom stereocenters. The number of hydrogen-bond acceptors (Lipinski definition) is 3. The van der Waals surface area contributed by atoms with Gasteiger partial charge in [-0.25, -0.2) is 4.98 Å². The lowest BCUT2D eigenvalue weighted by atomic mass is 10.1. The van der Waals surface area contributed by atoms with E-state index in [0.717, 1.165) is 49.1 Å². The van der Waals surface area contributed by atoms with Crippen LogP contribution in [0.3, 0.4) is 0 Å². The van der Waals surface area contributed by atoms with Crippen LogP contribution >= 0.6 is 0 Å². The largest absolute Gasteiger partial charge is 0.396 e. The van der Waals surface area contributed by atoms with Gasteiger partial charge in [0, 0.05) is 13.2 Å². The molecule has 0 aliphatic heterocycles. The summed E-state index contributed by atoms with van der Waals surface area (Å²) in [7, 11) is 0. The Labute approximate surface area is 114 Å². The Morgan fingerprint density at radius 1 is 1.32 bits per heavy atom. The Morgan fingerprint density at radius 3 is 2.84 bits per heavy atom. The first-order chi connectivity index (χ1) is 9.27. The lowest BCUT2D eigenvalue weighted by molar-refractivity contribution is 0.279. The number of benzene rings is 1. The van der Waals surface area contributed by atoms with Gasteiger partial charge >= 0.3 is 0 Å². The minimum Gasteiger partial charge on any atom is -0.396 e. The van der Waals surface area contributed by atoms with Crippen molar-refractivity contribution >= 4 is 11.0 Å². The summed E-state index contributed by atoms with van der Waals surface area (Å²) in [5, 5.41) is 9.04. The zero-order chi connectivity index (χ0) is 13.7. The quantitative estimate of drug-likeness (QED) is 0.805. The molecule has 2 aromatic rings. The van der Waals surface area contributed by atoms with E-state index in [4.69, 9.17) is 10.8 Å². The molecule has 104 valence electrons. The Hall–Kier alpha value is -1.39. The van der Waals surface area contributed by atoms with E-state index in [2.05, 4.69) is 22.5 Å². The van der Waals surface area contributed by atoms with Crippen LogP contribution in [0.4, 0.5) is 0 Å². The van der Waals surface area contributed by atoms with E-state index in [1.165, 1.54) is 0 Å². The molecule has 1 aromatic carbocycles. The Kier molecular flexibility index (Phi) is 4.93. The zero-order valence-corrected chi connectivity index (χ0v) is 11.5. The second-order valence-corrected chi connectivity index (χ2v) is 4.94. The molecule has 0 saturated carbocycles. The van der Waals surface area contributed by atoms with Gasteiger partial charge in [-0.1, -0.05) is 31.9 Å². The highest BCUT2D eigenvalue weighted by atomic mass is 16.3. The molecule has 0 fully saturated rings. The maximum absolute atomic E-state index is 9.04. The predicted molar refractivity (Wildman–Crippen MR) is 77.9 cm³/mol. The molecule has 4 heteroatoms. The normalized spacial score (nSPS) is 13.0. The van der Waals surface area contributed by atoms with E-state index in [1.54, 1.807) is 0 Å². The van der Waals surface area contributed by atoms with E-state index in [-0.39, 0.29) is 12.6 Å². The SMILES string of the molecule is CCCCC(N)c1nc2ccccc2n1CCCO. The summed E-state index contributed by atoms with van der Waals surface area (Å²) in [5.74, 6) is 0.947. The van der Waals surface area contributed by atoms with Gasteiger partial charge in [-0.05, 0) is 25.0 Å². The lowest BCUT2D eigenvalue weighted by Crippen LogP contribution is -2.17. The Balaban J connectivity index is 2.34. The van der Waals surface area contributed by atoms with Crippen LogP contribution in [0.15, 0.2) is 24.3 Å². The van der Waals surface area contributed by atoms with Crippen molar-refractivity contribution in [2.75, 3.05) is 6.61 Å². The van der Waals surface area contributed by atoms with Crippen molar-refractivity contribution < 1.29 is 5.11 Å². The molecular weight excluding hydrogens is 238 g/mol. The van der Waals surface area contributed by atoms with Crippen molar-refractivity contribution in [3.8, 4) is 0 Å². The molecule has 1 atom stereocenters. The molecule has 0 radical (unpaired) electrons. The molecular formula is C15H23N3O. The fourth-order valence-electron chi connectivity index (χ4n) is 2.39. The van der Waals surface area contributed by atoms with Crippen LogP contribution in [0.1, 0.15) is 44.5 Å². The smallest absolute Gasteiger partial charge is 0.126 e. The summed E-state index contributed by atoms with van der Waals surface area (Å²) >= 11 is 0. The molecule has 0 aliphatic carbocycles. The molecule has 0 spiro atoms. The van der Waals surface area contributed by atoms with Crippen molar-refractivity contribution in [3.05, 3.63) is 30.1 Å². The summed E-state index contributed by atoms with van der Waals surface area (Å²) in [5.41, 5.74) is 8.37. The number of hydrogen-bond donors (Lipinski definition) is 2. The summed E-state index contributed by atoms with van der Waals surface area (Å²) in [4.78, 5) is 4.67. The number of fused-ring (bicyclic) bond motifs is 1. The highest BCUT2D eigenvalue weighted by Crippen LogP contribution is 2.23. The first kappa shape index (κ1) is 14.0. The van der Waals surface area contributed by atoms with Crippen LogP contribution in [0.5, 0.6) is 0 Å². The van der Waals surface area contributed by atoms with E-state index < -0.39 is 0 Å². The third-order valence-corrected chi connectivity index (χ3v) is 3.42. The number of rotatable bonds is 7. The molecule has 1 aromatic heterocycles. The van der Waals surface area contributed by atoms with Crippen LogP contribution in [0, 0.1) is 0 Å². The van der Waals surface area contributed by atoms with E-state index >= 15 is 0 Å². The minimum atomic E-state index is -0.0222. The summed E-state index contributed by atoms with van der Waals surface area (Å²) in [6, 6.07) is 8.07. The van der Waals surface area contributed by atoms with Gasteiger partial charge in [-0.2, -0.15) is 0 Å². The average Bonchev–Trinajstić information content (AvgIpc) is 2.81. The molecule has 0 amide bonds. The first-order valence-electron chi connectivity index (χ1n) is 7.09. The van der Waals surface area contributed by atoms with Crippen LogP contribution in [0.25, 0.3) is 11.0 Å². The van der Waals surface area contributed by atoms with Crippen molar-refractivity contribution in [3.63, 3.8) is 0 Å². The number of imidazole rings is 1. The average molecular weight is 261 g/mol. The predicted octanol–water partition coefficient (Wildman–Crippen LogP) is 2.61. The van der Waals surface area contributed by atoms with Crippen molar-refractivity contribution in [2.45, 2.75) is 45.2 Å². The molecule has 1 heterocycles. The number of aryl methyl sites for hydroxylation is 1. The number of aliphatic hydroxyl groups is 1. The molecule has 4 nitrogen and oxygen atoms in total. The summed E-state index contributed by atoms with van der Waals surface area (Å²) in [6.07, 6.45) is 3.95. The van der Waals surface area contributed by atoms with Gasteiger partial charge in [0.15, 0.2) is 0 Å². The number of nitrogens with two attached hydrogens (primary N) is 1. The molecule has 0 bridgehead atoms. The summed E-state index contributed by atoms with van der Waals surface area (Å²) < 4.78 is 2.16. The van der Waals surface area contributed by atoms with Gasteiger partial charge in [0.05, 0.1) is 17.1 Å². The van der Waals surface area contributed by atoms with Gasteiger partial charge in [-0.15, -0.1) is 0 Å². The molecule has 19 heavy (non-hydrogen) atoms. The van der Waals surface area contributed by atoms with Crippen molar-refractivity contribution in [2.24, 2.45) is 5.73 Å². The van der Waals surface area contributed by atoms with Gasteiger partial charge < -0.3 is 15.4 Å². The Bertz CT molecular complexity index is 521. The van der Waals surface area contributed by atoms with Crippen molar-refractivity contribution in [1.82, 2.24) is 9.55 Å². The van der Waals surface area contributed by atoms with E-state index in [0.29, 0.717) is 0 Å². The first-order valence-corrected chi connectivity index (χ1v) is 7.09. The van der Waals surface area contributed by atoms with Crippen LogP contribution in [-0.4, -0.2) is 21.3 Å². The summed E-state index contributed by atoms with van der Waals surface area (Å²) in [6.45, 7) is 3.13. The number of unbranched alkanes of at least 4 members (excludes halogenated alkanes) is 1. The fraction of sp³-hybridized carbons (Fsp3) is 0.533. The highest BCUT2D eigenvalue weighted by Gasteiger charge is 2.16. The van der Waals surface area contributed by atoms with Gasteiger partial charge in [0.25, 0.3) is 0 Å². The van der Waals surface area contributed by atoms with Crippen LogP contribution in [0.2, 0.25) is 0 Å². The molecule has 0 saturated heterocycles. The van der Waals surface area contributed by atoms with E-state index in [1.807, 2.05) is 18.2 Å². The minimum absolute atomic E-state index is 0.0222. The number of aliphatic hydroxyl groups excluding tert-OH is 1.